The second-order valence-electron chi connectivity index (χ2n) is 13.1. The zero-order valence-electron chi connectivity index (χ0n) is 21.4. The molecule has 0 heterocycles. The fourth-order valence-electron chi connectivity index (χ4n) is 9.24. The summed E-state index contributed by atoms with van der Waals surface area (Å²) in [6, 6.07) is 10.2. The molecule has 2 unspecified atom stereocenters. The van der Waals surface area contributed by atoms with Crippen LogP contribution in [0.5, 0.6) is 0 Å². The van der Waals surface area contributed by atoms with Gasteiger partial charge in [0, 0.05) is 0 Å². The van der Waals surface area contributed by atoms with Crippen molar-refractivity contribution in [2.75, 3.05) is 0 Å². The molecule has 4 aliphatic rings. The van der Waals surface area contributed by atoms with Gasteiger partial charge in [0.05, 0.1) is 11.7 Å². The summed E-state index contributed by atoms with van der Waals surface area (Å²) in [5.41, 5.74) is 2.90. The van der Waals surface area contributed by atoms with E-state index in [9.17, 15) is 10.2 Å². The lowest BCUT2D eigenvalue weighted by Crippen LogP contribution is -2.52. The molecule has 1 aromatic carbocycles. The third-order valence-electron chi connectivity index (χ3n) is 11.2. The maximum absolute atomic E-state index is 10.7. The van der Waals surface area contributed by atoms with E-state index in [0.29, 0.717) is 16.7 Å². The van der Waals surface area contributed by atoms with Gasteiger partial charge in [-0.1, -0.05) is 62.8 Å². The molecule has 33 heavy (non-hydrogen) atoms. The Hall–Kier alpha value is -1.12. The number of fused-ring (bicyclic) bond motifs is 5. The number of rotatable bonds is 5. The van der Waals surface area contributed by atoms with Crippen molar-refractivity contribution in [2.24, 2.45) is 40.4 Å². The van der Waals surface area contributed by atoms with Gasteiger partial charge < -0.3 is 10.2 Å². The van der Waals surface area contributed by atoms with Crippen molar-refractivity contribution in [3.8, 4) is 0 Å². The number of allylic oxidation sites excluding steroid dienone is 1. The standard InChI is InChI=1S/C31H46O2/c1-21(10-15-28(32)22-8-6-5-7-9-22)25-13-14-26-24-12-11-23-20-29(2,33)18-19-30(23,3)27(24)16-17-31(25,26)4/h5-9,11,21,24-28,32-33H,10,12-20H2,1-4H3/t21-,24+,25-,26+,27?,28?,29+,30+,31-/m1/s1. The molecule has 0 saturated heterocycles. The van der Waals surface area contributed by atoms with Crippen molar-refractivity contribution in [2.45, 2.75) is 104 Å². The lowest BCUT2D eigenvalue weighted by Gasteiger charge is -2.59. The first-order valence-electron chi connectivity index (χ1n) is 13.8. The Balaban J connectivity index is 1.28. The largest absolute Gasteiger partial charge is 0.390 e. The van der Waals surface area contributed by atoms with Gasteiger partial charge in [-0.3, -0.25) is 0 Å². The topological polar surface area (TPSA) is 40.5 Å². The van der Waals surface area contributed by atoms with Gasteiger partial charge in [0.25, 0.3) is 0 Å². The molecule has 0 aromatic heterocycles. The summed E-state index contributed by atoms with van der Waals surface area (Å²) in [6.07, 6.45) is 14.0. The summed E-state index contributed by atoms with van der Waals surface area (Å²) in [7, 11) is 0. The molecule has 4 aliphatic carbocycles. The van der Waals surface area contributed by atoms with Crippen LogP contribution in [0.15, 0.2) is 42.0 Å². The number of benzene rings is 1. The molecule has 2 nitrogen and oxygen atoms in total. The predicted molar refractivity (Wildman–Crippen MR) is 136 cm³/mol. The summed E-state index contributed by atoms with van der Waals surface area (Å²) < 4.78 is 0. The van der Waals surface area contributed by atoms with Crippen molar-refractivity contribution >= 4 is 0 Å². The van der Waals surface area contributed by atoms with Crippen LogP contribution in [-0.2, 0) is 0 Å². The van der Waals surface area contributed by atoms with Crippen LogP contribution in [-0.4, -0.2) is 15.8 Å². The molecular formula is C31H46O2. The zero-order chi connectivity index (χ0) is 23.4. The normalized spacial score (nSPS) is 44.2. The van der Waals surface area contributed by atoms with Crippen LogP contribution >= 0.6 is 0 Å². The summed E-state index contributed by atoms with van der Waals surface area (Å²) in [5, 5.41) is 21.4. The van der Waals surface area contributed by atoms with Crippen molar-refractivity contribution in [1.82, 2.24) is 0 Å². The van der Waals surface area contributed by atoms with Crippen LogP contribution in [0.4, 0.5) is 0 Å². The van der Waals surface area contributed by atoms with E-state index in [0.717, 1.165) is 61.3 Å². The molecule has 0 radical (unpaired) electrons. The highest BCUT2D eigenvalue weighted by molar-refractivity contribution is 5.27. The first-order chi connectivity index (χ1) is 15.6. The van der Waals surface area contributed by atoms with E-state index in [-0.39, 0.29) is 6.10 Å². The fraction of sp³-hybridized carbons (Fsp3) is 0.742. The van der Waals surface area contributed by atoms with E-state index in [1.807, 2.05) is 25.1 Å². The molecule has 182 valence electrons. The van der Waals surface area contributed by atoms with E-state index in [1.54, 1.807) is 5.57 Å². The molecule has 5 rings (SSSR count). The smallest absolute Gasteiger partial charge is 0.0790 e. The molecule has 1 aromatic rings. The number of aliphatic hydroxyl groups is 2. The second-order valence-corrected chi connectivity index (χ2v) is 13.1. The SMILES string of the molecule is C[C@H](CCC(O)c1ccccc1)[C@H]1CC[C@H]2[C@@H]3CC=C4C[C@@](C)(O)CC[C@]4(C)C3CC[C@]12C. The van der Waals surface area contributed by atoms with E-state index < -0.39 is 5.60 Å². The van der Waals surface area contributed by atoms with Crippen molar-refractivity contribution in [3.63, 3.8) is 0 Å². The summed E-state index contributed by atoms with van der Waals surface area (Å²) in [5.74, 6) is 3.94. The average Bonchev–Trinajstić information content (AvgIpc) is 3.15. The first-order valence-corrected chi connectivity index (χ1v) is 13.8. The third-order valence-corrected chi connectivity index (χ3v) is 11.2. The van der Waals surface area contributed by atoms with Gasteiger partial charge in [0.15, 0.2) is 0 Å². The Morgan fingerprint density at radius 3 is 2.45 bits per heavy atom. The van der Waals surface area contributed by atoms with E-state index in [2.05, 4.69) is 39.0 Å². The van der Waals surface area contributed by atoms with Gasteiger partial charge in [-0.15, -0.1) is 0 Å². The van der Waals surface area contributed by atoms with Crippen molar-refractivity contribution in [1.29, 1.82) is 0 Å². The molecule has 0 amide bonds. The van der Waals surface area contributed by atoms with Crippen LogP contribution in [0.3, 0.4) is 0 Å². The van der Waals surface area contributed by atoms with Gasteiger partial charge in [0.1, 0.15) is 0 Å². The van der Waals surface area contributed by atoms with Crippen LogP contribution < -0.4 is 0 Å². The number of aliphatic hydroxyl groups excluding tert-OH is 1. The lowest BCUT2D eigenvalue weighted by atomic mass is 9.46. The molecule has 0 aliphatic heterocycles. The Morgan fingerprint density at radius 2 is 1.70 bits per heavy atom. The first kappa shape index (κ1) is 23.6. The van der Waals surface area contributed by atoms with Crippen LogP contribution in [0, 0.1) is 40.4 Å². The third kappa shape index (κ3) is 4.04. The minimum Gasteiger partial charge on any atom is -0.390 e. The molecule has 9 atom stereocenters. The quantitative estimate of drug-likeness (QED) is 0.457. The number of hydrogen-bond donors (Lipinski definition) is 2. The molecule has 3 saturated carbocycles. The predicted octanol–water partition coefficient (Wildman–Crippen LogP) is 7.47. The van der Waals surface area contributed by atoms with Gasteiger partial charge in [-0.2, -0.15) is 0 Å². The van der Waals surface area contributed by atoms with E-state index in [1.165, 1.54) is 32.1 Å². The summed E-state index contributed by atoms with van der Waals surface area (Å²) in [4.78, 5) is 0. The van der Waals surface area contributed by atoms with Crippen molar-refractivity contribution < 1.29 is 10.2 Å². The Bertz CT molecular complexity index is 872. The van der Waals surface area contributed by atoms with Crippen LogP contribution in [0.1, 0.15) is 104 Å². The Morgan fingerprint density at radius 1 is 0.939 bits per heavy atom. The maximum atomic E-state index is 10.7. The van der Waals surface area contributed by atoms with Gasteiger partial charge in [-0.25, -0.2) is 0 Å². The molecule has 0 bridgehead atoms. The molecular weight excluding hydrogens is 404 g/mol. The highest BCUT2D eigenvalue weighted by atomic mass is 16.3. The van der Waals surface area contributed by atoms with Gasteiger partial charge >= 0.3 is 0 Å². The highest BCUT2D eigenvalue weighted by Gasteiger charge is 2.59. The molecule has 2 N–H and O–H groups in total. The zero-order valence-corrected chi connectivity index (χ0v) is 21.4. The monoisotopic (exact) mass is 450 g/mol. The highest BCUT2D eigenvalue weighted by Crippen LogP contribution is 2.67. The Kier molecular flexibility index (Phi) is 6.10. The van der Waals surface area contributed by atoms with Crippen LogP contribution in [0.2, 0.25) is 0 Å². The maximum Gasteiger partial charge on any atom is 0.0790 e. The summed E-state index contributed by atoms with van der Waals surface area (Å²) >= 11 is 0. The number of hydrogen-bond acceptors (Lipinski definition) is 2. The lowest BCUT2D eigenvalue weighted by molar-refractivity contribution is -0.0708. The second kappa shape index (κ2) is 8.52. The molecule has 2 heteroatoms. The van der Waals surface area contributed by atoms with Gasteiger partial charge in [0.2, 0.25) is 0 Å². The minimum absolute atomic E-state index is 0.315. The molecule has 0 spiro atoms. The van der Waals surface area contributed by atoms with E-state index in [4.69, 9.17) is 0 Å². The van der Waals surface area contributed by atoms with Crippen molar-refractivity contribution in [3.05, 3.63) is 47.5 Å². The fourth-order valence-corrected chi connectivity index (χ4v) is 9.24. The molecule has 3 fully saturated rings. The average molecular weight is 451 g/mol. The van der Waals surface area contributed by atoms with Crippen LogP contribution in [0.25, 0.3) is 0 Å². The minimum atomic E-state index is -0.500. The Labute approximate surface area is 201 Å². The summed E-state index contributed by atoms with van der Waals surface area (Å²) in [6.45, 7) is 9.66. The van der Waals surface area contributed by atoms with Gasteiger partial charge in [-0.05, 0) is 117 Å². The van der Waals surface area contributed by atoms with E-state index >= 15 is 0 Å².